The highest BCUT2D eigenvalue weighted by molar-refractivity contribution is 7.80. The van der Waals surface area contributed by atoms with Gasteiger partial charge in [0.15, 0.2) is 5.11 Å². The fourth-order valence-electron chi connectivity index (χ4n) is 1.94. The summed E-state index contributed by atoms with van der Waals surface area (Å²) in [5.41, 5.74) is 3.10. The van der Waals surface area contributed by atoms with Crippen LogP contribution in [0.4, 0.5) is 5.69 Å². The highest BCUT2D eigenvalue weighted by Crippen LogP contribution is 2.26. The molecule has 2 rings (SSSR count). The van der Waals surface area contributed by atoms with Crippen molar-refractivity contribution in [2.45, 2.75) is 13.5 Å². The minimum absolute atomic E-state index is 0.556. The van der Waals surface area contributed by atoms with Crippen LogP contribution in [0.25, 0.3) is 0 Å². The van der Waals surface area contributed by atoms with Crippen LogP contribution in [0.1, 0.15) is 11.1 Å². The molecule has 0 radical (unpaired) electrons. The Morgan fingerprint density at radius 1 is 1.19 bits per heavy atom. The van der Waals surface area contributed by atoms with Crippen molar-refractivity contribution in [1.82, 2.24) is 4.90 Å². The van der Waals surface area contributed by atoms with Crippen molar-refractivity contribution in [1.29, 1.82) is 0 Å². The van der Waals surface area contributed by atoms with Crippen molar-refractivity contribution in [2.75, 3.05) is 12.4 Å². The highest BCUT2D eigenvalue weighted by Gasteiger charge is 2.10. The molecule has 0 fully saturated rings. The fourth-order valence-corrected chi connectivity index (χ4v) is 2.50. The molecule has 0 spiro atoms. The Hall–Kier alpha value is -1.29. The van der Waals surface area contributed by atoms with Gasteiger partial charge in [-0.3, -0.25) is 0 Å². The molecule has 0 heterocycles. The molecule has 0 saturated carbocycles. The zero-order valence-electron chi connectivity index (χ0n) is 11.9. The van der Waals surface area contributed by atoms with E-state index in [1.165, 1.54) is 5.56 Å². The summed E-state index contributed by atoms with van der Waals surface area (Å²) < 4.78 is 0. The van der Waals surface area contributed by atoms with Crippen LogP contribution in [-0.2, 0) is 6.54 Å². The first kappa shape index (κ1) is 16.1. The second-order valence-electron chi connectivity index (χ2n) is 4.87. The van der Waals surface area contributed by atoms with Gasteiger partial charge in [-0.25, -0.2) is 0 Å². The summed E-state index contributed by atoms with van der Waals surface area (Å²) in [7, 11) is 1.92. The van der Waals surface area contributed by atoms with Crippen LogP contribution in [0, 0.1) is 6.92 Å². The van der Waals surface area contributed by atoms with Gasteiger partial charge in [0.05, 0.1) is 10.0 Å². The number of anilines is 1. The summed E-state index contributed by atoms with van der Waals surface area (Å²) >= 11 is 17.6. The second kappa shape index (κ2) is 7.12. The number of nitrogens with one attached hydrogen (secondary N) is 1. The molecule has 0 aliphatic heterocycles. The number of thiocarbonyl (C=S) groups is 1. The molecule has 2 nitrogen and oxygen atoms in total. The van der Waals surface area contributed by atoms with Crippen molar-refractivity contribution in [3.8, 4) is 0 Å². The molecule has 0 saturated heterocycles. The van der Waals surface area contributed by atoms with Gasteiger partial charge in [0.1, 0.15) is 0 Å². The molecule has 0 unspecified atom stereocenters. The molecular formula is C16H16Cl2N2S. The zero-order valence-corrected chi connectivity index (χ0v) is 14.2. The molecule has 5 heteroatoms. The quantitative estimate of drug-likeness (QED) is 0.781. The maximum Gasteiger partial charge on any atom is 0.173 e. The van der Waals surface area contributed by atoms with Gasteiger partial charge in [-0.1, -0.05) is 47.5 Å². The number of hydrogen-bond acceptors (Lipinski definition) is 1. The van der Waals surface area contributed by atoms with Crippen molar-refractivity contribution in [3.63, 3.8) is 0 Å². The van der Waals surface area contributed by atoms with Crippen LogP contribution >= 0.6 is 35.4 Å². The van der Waals surface area contributed by atoms with E-state index in [-0.39, 0.29) is 0 Å². The van der Waals surface area contributed by atoms with Crippen LogP contribution in [0.3, 0.4) is 0 Å². The maximum absolute atomic E-state index is 6.20. The van der Waals surface area contributed by atoms with Crippen molar-refractivity contribution < 1.29 is 0 Å². The van der Waals surface area contributed by atoms with E-state index in [0.717, 1.165) is 11.3 Å². The molecule has 1 N–H and O–H groups in total. The lowest BCUT2D eigenvalue weighted by Gasteiger charge is -2.22. The molecular weight excluding hydrogens is 323 g/mol. The molecule has 0 aromatic heterocycles. The minimum Gasteiger partial charge on any atom is -0.348 e. The smallest absolute Gasteiger partial charge is 0.173 e. The Balaban J connectivity index is 2.04. The minimum atomic E-state index is 0.556. The number of nitrogens with zero attached hydrogens (tertiary/aromatic N) is 1. The van der Waals surface area contributed by atoms with Gasteiger partial charge >= 0.3 is 0 Å². The summed E-state index contributed by atoms with van der Waals surface area (Å²) in [6.45, 7) is 2.64. The van der Waals surface area contributed by atoms with E-state index in [0.29, 0.717) is 21.7 Å². The average Bonchev–Trinajstić information content (AvgIpc) is 2.44. The van der Waals surface area contributed by atoms with E-state index < -0.39 is 0 Å². The molecule has 0 amide bonds. The van der Waals surface area contributed by atoms with Crippen molar-refractivity contribution >= 4 is 46.2 Å². The Kier molecular flexibility index (Phi) is 5.45. The van der Waals surface area contributed by atoms with Gasteiger partial charge < -0.3 is 10.2 Å². The SMILES string of the molecule is Cc1cccc(NC(=S)N(C)Cc2cccc(Cl)c2Cl)c1. The maximum atomic E-state index is 6.20. The Labute approximate surface area is 140 Å². The van der Waals surface area contributed by atoms with Crippen LogP contribution in [0.15, 0.2) is 42.5 Å². The normalized spacial score (nSPS) is 10.3. The highest BCUT2D eigenvalue weighted by atomic mass is 35.5. The van der Waals surface area contributed by atoms with Crippen LogP contribution in [0.5, 0.6) is 0 Å². The largest absolute Gasteiger partial charge is 0.348 e. The number of hydrogen-bond donors (Lipinski definition) is 1. The second-order valence-corrected chi connectivity index (χ2v) is 6.04. The molecule has 0 aliphatic rings. The zero-order chi connectivity index (χ0) is 15.4. The predicted octanol–water partition coefficient (Wildman–Crippen LogP) is 5.13. The van der Waals surface area contributed by atoms with Crippen LogP contribution < -0.4 is 5.32 Å². The van der Waals surface area contributed by atoms with Crippen molar-refractivity contribution in [2.24, 2.45) is 0 Å². The third-order valence-electron chi connectivity index (χ3n) is 3.06. The van der Waals surface area contributed by atoms with Crippen LogP contribution in [-0.4, -0.2) is 17.1 Å². The summed E-state index contributed by atoms with van der Waals surface area (Å²) in [6, 6.07) is 13.7. The third kappa shape index (κ3) is 4.34. The van der Waals surface area contributed by atoms with Gasteiger partial charge in [0, 0.05) is 19.3 Å². The first-order valence-corrected chi connectivity index (χ1v) is 7.65. The first-order valence-electron chi connectivity index (χ1n) is 6.49. The van der Waals surface area contributed by atoms with Crippen LogP contribution in [0.2, 0.25) is 10.0 Å². The third-order valence-corrected chi connectivity index (χ3v) is 4.33. The van der Waals surface area contributed by atoms with E-state index in [4.69, 9.17) is 35.4 Å². The van der Waals surface area contributed by atoms with Gasteiger partial charge in [-0.15, -0.1) is 0 Å². The topological polar surface area (TPSA) is 15.3 Å². The fraction of sp³-hybridized carbons (Fsp3) is 0.188. The molecule has 2 aromatic carbocycles. The van der Waals surface area contributed by atoms with E-state index in [2.05, 4.69) is 5.32 Å². The van der Waals surface area contributed by atoms with Gasteiger partial charge in [-0.05, 0) is 48.5 Å². The predicted molar refractivity (Wildman–Crippen MR) is 95.3 cm³/mol. The average molecular weight is 339 g/mol. The number of benzene rings is 2. The molecule has 0 aliphatic carbocycles. The van der Waals surface area contributed by atoms with Gasteiger partial charge in [0.2, 0.25) is 0 Å². The van der Waals surface area contributed by atoms with Crippen molar-refractivity contribution in [3.05, 3.63) is 63.6 Å². The summed E-state index contributed by atoms with van der Waals surface area (Å²) in [6.07, 6.45) is 0. The molecule has 2 aromatic rings. The standard InChI is InChI=1S/C16H16Cl2N2S/c1-11-5-3-7-13(9-11)19-16(21)20(2)10-12-6-4-8-14(17)15(12)18/h3-9H,10H2,1-2H3,(H,19,21). The number of rotatable bonds is 3. The summed E-state index contributed by atoms with van der Waals surface area (Å²) in [4.78, 5) is 1.93. The van der Waals surface area contributed by atoms with E-state index in [9.17, 15) is 0 Å². The lowest BCUT2D eigenvalue weighted by atomic mass is 10.2. The lowest BCUT2D eigenvalue weighted by Crippen LogP contribution is -2.30. The summed E-state index contributed by atoms with van der Waals surface area (Å²) in [5, 5.41) is 4.98. The van der Waals surface area contributed by atoms with E-state index in [1.807, 2.05) is 55.3 Å². The first-order chi connectivity index (χ1) is 9.97. The van der Waals surface area contributed by atoms with E-state index >= 15 is 0 Å². The van der Waals surface area contributed by atoms with Gasteiger partial charge in [-0.2, -0.15) is 0 Å². The molecule has 21 heavy (non-hydrogen) atoms. The molecule has 0 atom stereocenters. The summed E-state index contributed by atoms with van der Waals surface area (Å²) in [5.74, 6) is 0. The number of aryl methyl sites for hydroxylation is 1. The Morgan fingerprint density at radius 3 is 2.62 bits per heavy atom. The lowest BCUT2D eigenvalue weighted by molar-refractivity contribution is 0.508. The number of halogens is 2. The molecule has 0 bridgehead atoms. The monoisotopic (exact) mass is 338 g/mol. The Bertz CT molecular complexity index is 658. The Morgan fingerprint density at radius 2 is 1.90 bits per heavy atom. The van der Waals surface area contributed by atoms with E-state index in [1.54, 1.807) is 6.07 Å². The van der Waals surface area contributed by atoms with Gasteiger partial charge in [0.25, 0.3) is 0 Å². The molecule has 110 valence electrons.